The second-order valence-corrected chi connectivity index (χ2v) is 6.21. The molecule has 1 amide bonds. The van der Waals surface area contributed by atoms with Gasteiger partial charge in [0.05, 0.1) is 24.4 Å². The van der Waals surface area contributed by atoms with E-state index in [9.17, 15) is 9.59 Å². The molecule has 0 bridgehead atoms. The first-order valence-electron chi connectivity index (χ1n) is 8.04. The van der Waals surface area contributed by atoms with Crippen LogP contribution in [-0.4, -0.2) is 46.8 Å². The van der Waals surface area contributed by atoms with Crippen molar-refractivity contribution in [2.24, 2.45) is 0 Å². The third kappa shape index (κ3) is 4.60. The van der Waals surface area contributed by atoms with Crippen LogP contribution in [0.5, 0.6) is 0 Å². The SMILES string of the molecule is CCOC(=O)CN(C)C(=O)Cc1c(C)nn(-c2ccc(Cl)cc2)c1C. The first kappa shape index (κ1) is 19.0. The molecule has 0 saturated heterocycles. The smallest absolute Gasteiger partial charge is 0.325 e. The van der Waals surface area contributed by atoms with E-state index in [1.165, 1.54) is 4.90 Å². The van der Waals surface area contributed by atoms with E-state index in [2.05, 4.69) is 5.10 Å². The van der Waals surface area contributed by atoms with Gasteiger partial charge in [0.25, 0.3) is 0 Å². The summed E-state index contributed by atoms with van der Waals surface area (Å²) in [5, 5.41) is 5.18. The molecule has 0 unspecified atom stereocenters. The van der Waals surface area contributed by atoms with Crippen molar-refractivity contribution in [3.8, 4) is 5.69 Å². The number of aryl methyl sites for hydroxylation is 1. The molecular weight excluding hydrogens is 342 g/mol. The zero-order valence-electron chi connectivity index (χ0n) is 14.9. The number of nitrogens with zero attached hydrogens (tertiary/aromatic N) is 3. The van der Waals surface area contributed by atoms with Gasteiger partial charge in [-0.25, -0.2) is 4.68 Å². The van der Waals surface area contributed by atoms with Gasteiger partial charge in [-0.15, -0.1) is 0 Å². The van der Waals surface area contributed by atoms with Gasteiger partial charge in [-0.05, 0) is 45.0 Å². The fourth-order valence-electron chi connectivity index (χ4n) is 2.54. The number of carbonyl (C=O) groups excluding carboxylic acids is 2. The highest BCUT2D eigenvalue weighted by Gasteiger charge is 2.19. The molecule has 6 nitrogen and oxygen atoms in total. The molecule has 1 aromatic carbocycles. The van der Waals surface area contributed by atoms with Crippen molar-refractivity contribution in [3.05, 3.63) is 46.2 Å². The van der Waals surface area contributed by atoms with Crippen LogP contribution in [0.3, 0.4) is 0 Å². The number of aromatic nitrogens is 2. The maximum Gasteiger partial charge on any atom is 0.325 e. The minimum absolute atomic E-state index is 0.0594. The zero-order chi connectivity index (χ0) is 18.6. The Morgan fingerprint density at radius 1 is 1.24 bits per heavy atom. The molecule has 0 spiro atoms. The minimum atomic E-state index is -0.413. The van der Waals surface area contributed by atoms with Crippen LogP contribution in [0.1, 0.15) is 23.9 Å². The van der Waals surface area contributed by atoms with E-state index in [1.807, 2.05) is 26.0 Å². The molecule has 0 aliphatic rings. The second-order valence-electron chi connectivity index (χ2n) is 5.77. The van der Waals surface area contributed by atoms with Crippen LogP contribution < -0.4 is 0 Å². The lowest BCUT2D eigenvalue weighted by molar-refractivity contribution is -0.147. The lowest BCUT2D eigenvalue weighted by atomic mass is 10.1. The molecule has 0 aliphatic heterocycles. The third-order valence-electron chi connectivity index (χ3n) is 3.94. The predicted octanol–water partition coefficient (Wildman–Crippen LogP) is 2.71. The molecular formula is C18H22ClN3O3. The Hall–Kier alpha value is -2.34. The van der Waals surface area contributed by atoms with Crippen molar-refractivity contribution in [2.45, 2.75) is 27.2 Å². The number of ether oxygens (including phenoxy) is 1. The molecule has 25 heavy (non-hydrogen) atoms. The van der Waals surface area contributed by atoms with Crippen LogP contribution >= 0.6 is 11.6 Å². The minimum Gasteiger partial charge on any atom is -0.465 e. The number of halogens is 1. The molecule has 0 aliphatic carbocycles. The summed E-state index contributed by atoms with van der Waals surface area (Å²) in [6.07, 6.45) is 0.182. The van der Waals surface area contributed by atoms with Gasteiger partial charge in [-0.2, -0.15) is 5.10 Å². The number of rotatable bonds is 6. The maximum absolute atomic E-state index is 12.4. The van der Waals surface area contributed by atoms with Crippen LogP contribution in [0.2, 0.25) is 5.02 Å². The average molecular weight is 364 g/mol. The number of hydrogen-bond donors (Lipinski definition) is 0. The van der Waals surface area contributed by atoms with Crippen molar-refractivity contribution in [1.82, 2.24) is 14.7 Å². The highest BCUT2D eigenvalue weighted by atomic mass is 35.5. The molecule has 0 fully saturated rings. The van der Waals surface area contributed by atoms with Crippen LogP contribution in [0.4, 0.5) is 0 Å². The number of hydrogen-bond acceptors (Lipinski definition) is 4. The first-order valence-corrected chi connectivity index (χ1v) is 8.41. The van der Waals surface area contributed by atoms with Crippen LogP contribution in [0.25, 0.3) is 5.69 Å². The summed E-state index contributed by atoms with van der Waals surface area (Å²) in [5.74, 6) is -0.571. The molecule has 0 N–H and O–H groups in total. The molecule has 0 saturated carbocycles. The molecule has 1 heterocycles. The van der Waals surface area contributed by atoms with Crippen molar-refractivity contribution < 1.29 is 14.3 Å². The quantitative estimate of drug-likeness (QED) is 0.740. The fraction of sp³-hybridized carbons (Fsp3) is 0.389. The van der Waals surface area contributed by atoms with Gasteiger partial charge in [-0.3, -0.25) is 9.59 Å². The fourth-order valence-corrected chi connectivity index (χ4v) is 2.67. The Morgan fingerprint density at radius 3 is 2.48 bits per heavy atom. The van der Waals surface area contributed by atoms with Gasteiger partial charge in [0.1, 0.15) is 6.54 Å². The number of esters is 1. The molecule has 2 aromatic rings. The van der Waals surface area contributed by atoms with E-state index < -0.39 is 5.97 Å². The van der Waals surface area contributed by atoms with Crippen LogP contribution in [0, 0.1) is 13.8 Å². The Labute approximate surface area is 152 Å². The summed E-state index contributed by atoms with van der Waals surface area (Å²) in [7, 11) is 1.59. The number of amides is 1. The molecule has 2 rings (SSSR count). The van der Waals surface area contributed by atoms with Gasteiger partial charge in [0, 0.05) is 23.3 Å². The van der Waals surface area contributed by atoms with Crippen LogP contribution in [0.15, 0.2) is 24.3 Å². The van der Waals surface area contributed by atoms with E-state index in [0.29, 0.717) is 11.6 Å². The Balaban J connectivity index is 2.16. The van der Waals surface area contributed by atoms with Gasteiger partial charge in [-0.1, -0.05) is 11.6 Å². The van der Waals surface area contributed by atoms with E-state index in [4.69, 9.17) is 16.3 Å². The highest BCUT2D eigenvalue weighted by Crippen LogP contribution is 2.20. The first-order chi connectivity index (χ1) is 11.8. The normalized spacial score (nSPS) is 10.6. The highest BCUT2D eigenvalue weighted by molar-refractivity contribution is 6.30. The monoisotopic (exact) mass is 363 g/mol. The second kappa shape index (κ2) is 8.16. The summed E-state index contributed by atoms with van der Waals surface area (Å²) in [6.45, 7) is 5.76. The van der Waals surface area contributed by atoms with Crippen molar-refractivity contribution in [1.29, 1.82) is 0 Å². The molecule has 0 atom stereocenters. The largest absolute Gasteiger partial charge is 0.465 e. The number of likely N-dealkylation sites (N-methyl/N-ethyl adjacent to an activating group) is 1. The summed E-state index contributed by atoms with van der Waals surface area (Å²) in [4.78, 5) is 25.3. The number of carbonyl (C=O) groups is 2. The van der Waals surface area contributed by atoms with Crippen molar-refractivity contribution >= 4 is 23.5 Å². The van der Waals surface area contributed by atoms with E-state index in [0.717, 1.165) is 22.6 Å². The van der Waals surface area contributed by atoms with Gasteiger partial charge in [0.15, 0.2) is 0 Å². The summed E-state index contributed by atoms with van der Waals surface area (Å²) >= 11 is 5.93. The summed E-state index contributed by atoms with van der Waals surface area (Å²) in [6, 6.07) is 7.34. The van der Waals surface area contributed by atoms with E-state index >= 15 is 0 Å². The lowest BCUT2D eigenvalue weighted by Crippen LogP contribution is -2.34. The topological polar surface area (TPSA) is 64.4 Å². The molecule has 1 aromatic heterocycles. The van der Waals surface area contributed by atoms with Gasteiger partial charge < -0.3 is 9.64 Å². The van der Waals surface area contributed by atoms with E-state index in [-0.39, 0.29) is 18.9 Å². The maximum atomic E-state index is 12.4. The molecule has 7 heteroatoms. The summed E-state index contributed by atoms with van der Waals surface area (Å²) in [5.41, 5.74) is 3.40. The van der Waals surface area contributed by atoms with Crippen molar-refractivity contribution in [2.75, 3.05) is 20.2 Å². The predicted molar refractivity (Wildman–Crippen MR) is 96.0 cm³/mol. The number of benzene rings is 1. The molecule has 0 radical (unpaired) electrons. The van der Waals surface area contributed by atoms with Crippen LogP contribution in [-0.2, 0) is 20.7 Å². The van der Waals surface area contributed by atoms with Crippen molar-refractivity contribution in [3.63, 3.8) is 0 Å². The standard InChI is InChI=1S/C18H22ClN3O3/c1-5-25-18(24)11-21(4)17(23)10-16-12(2)20-22(13(16)3)15-8-6-14(19)7-9-15/h6-9H,5,10-11H2,1-4H3. The molecule has 134 valence electrons. The average Bonchev–Trinajstić information content (AvgIpc) is 2.83. The van der Waals surface area contributed by atoms with Gasteiger partial charge in [0.2, 0.25) is 5.91 Å². The third-order valence-corrected chi connectivity index (χ3v) is 4.19. The Kier molecular flexibility index (Phi) is 6.20. The Bertz CT molecular complexity index is 769. The van der Waals surface area contributed by atoms with Gasteiger partial charge >= 0.3 is 5.97 Å². The lowest BCUT2D eigenvalue weighted by Gasteiger charge is -2.16. The summed E-state index contributed by atoms with van der Waals surface area (Å²) < 4.78 is 6.66. The van der Waals surface area contributed by atoms with E-state index in [1.54, 1.807) is 30.8 Å². The Morgan fingerprint density at radius 2 is 1.88 bits per heavy atom. The zero-order valence-corrected chi connectivity index (χ0v) is 15.6.